The van der Waals surface area contributed by atoms with Gasteiger partial charge in [0.15, 0.2) is 0 Å². The van der Waals surface area contributed by atoms with Crippen molar-refractivity contribution < 1.29 is 14.4 Å². The Morgan fingerprint density at radius 3 is 1.93 bits per heavy atom. The van der Waals surface area contributed by atoms with Gasteiger partial charge in [-0.05, 0) is 30.7 Å². The number of piperidine rings is 1. The molecule has 0 bridgehead atoms. The first kappa shape index (κ1) is 19.0. The smallest absolute Gasteiger partial charge is 0.226 e. The fourth-order valence-electron chi connectivity index (χ4n) is 4.62. The first-order chi connectivity index (χ1) is 13.5. The van der Waals surface area contributed by atoms with Crippen LogP contribution in [0.25, 0.3) is 0 Å². The molecule has 0 aromatic heterocycles. The van der Waals surface area contributed by atoms with E-state index in [1.54, 1.807) is 6.92 Å². The summed E-state index contributed by atoms with van der Waals surface area (Å²) in [7, 11) is 0. The second kappa shape index (κ2) is 7.94. The van der Waals surface area contributed by atoms with Gasteiger partial charge in [-0.15, -0.1) is 0 Å². The van der Waals surface area contributed by atoms with Gasteiger partial charge >= 0.3 is 0 Å². The number of nitrogens with zero attached hydrogens (tertiary/aromatic N) is 3. The summed E-state index contributed by atoms with van der Waals surface area (Å²) >= 11 is 0. The standard InChI is InChI=1S/C22H29N3O3/c1-16(26)23-9-7-18(8-10-23)21(27)24-11-13-25(14-12-24)22(28)20-15-19(20)17-5-3-2-4-6-17/h2-6,18-20H,7-15H2,1H3/t19-,20-/m1/s1. The minimum atomic E-state index is 0.0174. The molecule has 4 rings (SSSR count). The number of hydrogen-bond acceptors (Lipinski definition) is 3. The van der Waals surface area contributed by atoms with Crippen LogP contribution in [0.3, 0.4) is 0 Å². The molecule has 0 N–H and O–H groups in total. The highest BCUT2D eigenvalue weighted by Crippen LogP contribution is 2.48. The van der Waals surface area contributed by atoms with Crippen LogP contribution in [0.4, 0.5) is 0 Å². The van der Waals surface area contributed by atoms with Gasteiger partial charge in [0.1, 0.15) is 0 Å². The van der Waals surface area contributed by atoms with Crippen LogP contribution < -0.4 is 0 Å². The predicted octanol–water partition coefficient (Wildman–Crippen LogP) is 1.72. The summed E-state index contributed by atoms with van der Waals surface area (Å²) in [6, 6.07) is 10.3. The van der Waals surface area contributed by atoms with Gasteiger partial charge in [0.05, 0.1) is 0 Å². The average Bonchev–Trinajstić information content (AvgIpc) is 3.54. The molecule has 6 nitrogen and oxygen atoms in total. The normalized spacial score (nSPS) is 25.5. The van der Waals surface area contributed by atoms with Crippen LogP contribution in [-0.4, -0.2) is 71.7 Å². The highest BCUT2D eigenvalue weighted by atomic mass is 16.2. The first-order valence-electron chi connectivity index (χ1n) is 10.4. The Kier molecular flexibility index (Phi) is 5.38. The molecule has 28 heavy (non-hydrogen) atoms. The lowest BCUT2D eigenvalue weighted by atomic mass is 9.95. The highest BCUT2D eigenvalue weighted by molar-refractivity contribution is 5.84. The number of carbonyl (C=O) groups is 3. The molecular formula is C22H29N3O3. The quantitative estimate of drug-likeness (QED) is 0.799. The molecule has 0 unspecified atom stereocenters. The van der Waals surface area contributed by atoms with Crippen molar-refractivity contribution in [2.75, 3.05) is 39.3 Å². The molecule has 2 atom stereocenters. The van der Waals surface area contributed by atoms with E-state index in [4.69, 9.17) is 0 Å². The second-order valence-electron chi connectivity index (χ2n) is 8.29. The van der Waals surface area contributed by atoms with Crippen molar-refractivity contribution in [2.45, 2.75) is 32.1 Å². The van der Waals surface area contributed by atoms with Crippen LogP contribution in [0.1, 0.15) is 37.7 Å². The summed E-state index contributed by atoms with van der Waals surface area (Å²) in [5.74, 6) is 1.02. The molecule has 3 aliphatic rings. The summed E-state index contributed by atoms with van der Waals surface area (Å²) in [6.45, 7) is 5.45. The summed E-state index contributed by atoms with van der Waals surface area (Å²) in [5, 5.41) is 0. The Morgan fingerprint density at radius 2 is 1.36 bits per heavy atom. The molecule has 1 aromatic carbocycles. The van der Waals surface area contributed by atoms with Gasteiger partial charge in [0.25, 0.3) is 0 Å². The Labute approximate surface area is 166 Å². The van der Waals surface area contributed by atoms with Crippen molar-refractivity contribution in [3.8, 4) is 0 Å². The van der Waals surface area contributed by atoms with Crippen molar-refractivity contribution in [1.82, 2.24) is 14.7 Å². The SMILES string of the molecule is CC(=O)N1CCC(C(=O)N2CCN(C(=O)[C@@H]3C[C@@H]3c3ccccc3)CC2)CC1. The molecule has 1 aliphatic carbocycles. The first-order valence-corrected chi connectivity index (χ1v) is 10.4. The molecule has 2 saturated heterocycles. The molecule has 2 heterocycles. The lowest BCUT2D eigenvalue weighted by Crippen LogP contribution is -2.53. The number of hydrogen-bond donors (Lipinski definition) is 0. The van der Waals surface area contributed by atoms with E-state index in [1.807, 2.05) is 32.9 Å². The van der Waals surface area contributed by atoms with E-state index in [0.29, 0.717) is 45.2 Å². The molecule has 6 heteroatoms. The van der Waals surface area contributed by atoms with Crippen molar-refractivity contribution in [3.63, 3.8) is 0 Å². The van der Waals surface area contributed by atoms with Crippen LogP contribution in [0.15, 0.2) is 30.3 Å². The maximum atomic E-state index is 12.8. The maximum Gasteiger partial charge on any atom is 0.226 e. The van der Waals surface area contributed by atoms with E-state index >= 15 is 0 Å². The molecule has 1 aromatic rings. The lowest BCUT2D eigenvalue weighted by Gasteiger charge is -2.38. The van der Waals surface area contributed by atoms with Crippen LogP contribution in [-0.2, 0) is 14.4 Å². The molecule has 0 radical (unpaired) electrons. The number of piperazine rings is 1. The number of carbonyl (C=O) groups excluding carboxylic acids is 3. The molecule has 150 valence electrons. The molecule has 2 aliphatic heterocycles. The lowest BCUT2D eigenvalue weighted by molar-refractivity contribution is -0.144. The zero-order valence-corrected chi connectivity index (χ0v) is 16.5. The largest absolute Gasteiger partial charge is 0.343 e. The number of amides is 3. The van der Waals surface area contributed by atoms with Crippen molar-refractivity contribution in [2.24, 2.45) is 11.8 Å². The molecule has 3 fully saturated rings. The molecule has 0 spiro atoms. The second-order valence-corrected chi connectivity index (χ2v) is 8.29. The predicted molar refractivity (Wildman–Crippen MR) is 105 cm³/mol. The van der Waals surface area contributed by atoms with Crippen LogP contribution in [0.2, 0.25) is 0 Å². The molecule has 3 amide bonds. The number of likely N-dealkylation sites (tertiary alicyclic amines) is 1. The molecular weight excluding hydrogens is 354 g/mol. The third-order valence-corrected chi connectivity index (χ3v) is 6.53. The Bertz CT molecular complexity index is 735. The number of rotatable bonds is 3. The van der Waals surface area contributed by atoms with Crippen LogP contribution in [0.5, 0.6) is 0 Å². The minimum absolute atomic E-state index is 0.0174. The van der Waals surface area contributed by atoms with Crippen molar-refractivity contribution >= 4 is 17.7 Å². The third-order valence-electron chi connectivity index (χ3n) is 6.53. The zero-order chi connectivity index (χ0) is 19.7. The van der Waals surface area contributed by atoms with Gasteiger partial charge in [0.2, 0.25) is 17.7 Å². The zero-order valence-electron chi connectivity index (χ0n) is 16.5. The van der Waals surface area contributed by atoms with E-state index in [0.717, 1.165) is 19.3 Å². The Hall–Kier alpha value is -2.37. The van der Waals surface area contributed by atoms with E-state index in [9.17, 15) is 14.4 Å². The van der Waals surface area contributed by atoms with E-state index in [-0.39, 0.29) is 29.6 Å². The van der Waals surface area contributed by atoms with E-state index in [1.165, 1.54) is 5.56 Å². The van der Waals surface area contributed by atoms with E-state index < -0.39 is 0 Å². The Morgan fingerprint density at radius 1 is 0.786 bits per heavy atom. The summed E-state index contributed by atoms with van der Waals surface area (Å²) in [6.07, 6.45) is 2.44. The van der Waals surface area contributed by atoms with Gasteiger partial charge < -0.3 is 14.7 Å². The fourth-order valence-corrected chi connectivity index (χ4v) is 4.62. The van der Waals surface area contributed by atoms with Crippen molar-refractivity contribution in [1.29, 1.82) is 0 Å². The van der Waals surface area contributed by atoms with Crippen LogP contribution >= 0.6 is 0 Å². The van der Waals surface area contributed by atoms with Gasteiger partial charge in [-0.3, -0.25) is 14.4 Å². The van der Waals surface area contributed by atoms with Gasteiger partial charge in [-0.25, -0.2) is 0 Å². The van der Waals surface area contributed by atoms with Crippen molar-refractivity contribution in [3.05, 3.63) is 35.9 Å². The summed E-state index contributed by atoms with van der Waals surface area (Å²) in [5.41, 5.74) is 1.26. The average molecular weight is 383 g/mol. The van der Waals surface area contributed by atoms with Gasteiger partial charge in [-0.2, -0.15) is 0 Å². The third kappa shape index (κ3) is 3.91. The fraction of sp³-hybridized carbons (Fsp3) is 0.591. The molecule has 1 saturated carbocycles. The van der Waals surface area contributed by atoms with Gasteiger partial charge in [-0.1, -0.05) is 30.3 Å². The topological polar surface area (TPSA) is 60.9 Å². The minimum Gasteiger partial charge on any atom is -0.343 e. The monoisotopic (exact) mass is 383 g/mol. The number of benzene rings is 1. The Balaban J connectivity index is 1.24. The van der Waals surface area contributed by atoms with Crippen LogP contribution in [0, 0.1) is 11.8 Å². The summed E-state index contributed by atoms with van der Waals surface area (Å²) in [4.78, 5) is 42.7. The maximum absolute atomic E-state index is 12.8. The summed E-state index contributed by atoms with van der Waals surface area (Å²) < 4.78 is 0. The van der Waals surface area contributed by atoms with Gasteiger partial charge in [0, 0.05) is 58.0 Å². The van der Waals surface area contributed by atoms with E-state index in [2.05, 4.69) is 12.1 Å². The highest BCUT2D eigenvalue weighted by Gasteiger charge is 2.46.